The van der Waals surface area contributed by atoms with Crippen LogP contribution in [-0.2, 0) is 17.6 Å². The van der Waals surface area contributed by atoms with E-state index in [2.05, 4.69) is 23.9 Å². The van der Waals surface area contributed by atoms with Gasteiger partial charge in [0.1, 0.15) is 17.8 Å². The van der Waals surface area contributed by atoms with Crippen molar-refractivity contribution in [2.75, 3.05) is 12.6 Å². The molecule has 0 heterocycles. The Morgan fingerprint density at radius 2 is 2.20 bits per heavy atom. The fourth-order valence-corrected chi connectivity index (χ4v) is 3.13. The standard InChI is InChI=1S/C18H21F3O3S/c1-3-5-6-12-7-11(4-2)13-8-14(24-18(20,21)9-19)16(22)15(13)17(12)23-10-25/h4,7,14,25H,2-3,5-6,8-10H2,1H3. The third kappa shape index (κ3) is 4.20. The number of carbonyl (C=O) groups excluding carboxylic acids is 1. The molecular formula is C18H21F3O3S. The number of unbranched alkanes of at least 4 members (excludes halogenated alkanes) is 1. The highest BCUT2D eigenvalue weighted by atomic mass is 32.1. The van der Waals surface area contributed by atoms with Gasteiger partial charge in [0.25, 0.3) is 0 Å². The van der Waals surface area contributed by atoms with Crippen LogP contribution in [0.3, 0.4) is 0 Å². The van der Waals surface area contributed by atoms with Gasteiger partial charge in [0.2, 0.25) is 0 Å². The molecule has 0 saturated carbocycles. The van der Waals surface area contributed by atoms with Gasteiger partial charge in [0.15, 0.2) is 12.5 Å². The molecule has 3 nitrogen and oxygen atoms in total. The first-order valence-corrected chi connectivity index (χ1v) is 8.72. The van der Waals surface area contributed by atoms with Gasteiger partial charge in [-0.1, -0.05) is 26.0 Å². The molecule has 0 fully saturated rings. The van der Waals surface area contributed by atoms with Crippen LogP contribution in [0.15, 0.2) is 12.6 Å². The largest absolute Gasteiger partial charge is 0.482 e. The zero-order valence-electron chi connectivity index (χ0n) is 14.0. The summed E-state index contributed by atoms with van der Waals surface area (Å²) >= 11 is 4.04. The van der Waals surface area contributed by atoms with E-state index >= 15 is 0 Å². The predicted molar refractivity (Wildman–Crippen MR) is 93.5 cm³/mol. The number of ketones is 1. The molecule has 138 valence electrons. The van der Waals surface area contributed by atoms with Gasteiger partial charge in [-0.3, -0.25) is 4.79 Å². The highest BCUT2D eigenvalue weighted by Crippen LogP contribution is 2.40. The molecule has 1 aromatic carbocycles. The van der Waals surface area contributed by atoms with Crippen molar-refractivity contribution in [2.45, 2.75) is 44.8 Å². The Kier molecular flexibility index (Phi) is 6.57. The molecule has 1 atom stereocenters. The summed E-state index contributed by atoms with van der Waals surface area (Å²) in [6, 6.07) is 1.85. The molecule has 0 amide bonds. The van der Waals surface area contributed by atoms with Crippen molar-refractivity contribution in [3.05, 3.63) is 34.9 Å². The summed E-state index contributed by atoms with van der Waals surface area (Å²) in [5.41, 5.74) is 2.24. The number of hydrogen-bond acceptors (Lipinski definition) is 4. The molecule has 0 aliphatic heterocycles. The van der Waals surface area contributed by atoms with Crippen molar-refractivity contribution in [2.24, 2.45) is 0 Å². The number of alkyl halides is 3. The minimum Gasteiger partial charge on any atom is -0.482 e. The number of benzene rings is 1. The van der Waals surface area contributed by atoms with Crippen LogP contribution >= 0.6 is 12.6 Å². The summed E-state index contributed by atoms with van der Waals surface area (Å²) in [6.45, 7) is 3.78. The first-order chi connectivity index (χ1) is 11.9. The monoisotopic (exact) mass is 374 g/mol. The molecule has 1 unspecified atom stereocenters. The van der Waals surface area contributed by atoms with E-state index < -0.39 is 24.7 Å². The maximum Gasteiger partial charge on any atom is 0.384 e. The predicted octanol–water partition coefficient (Wildman–Crippen LogP) is 4.62. The van der Waals surface area contributed by atoms with Crippen molar-refractivity contribution < 1.29 is 27.4 Å². The summed E-state index contributed by atoms with van der Waals surface area (Å²) in [4.78, 5) is 12.7. The van der Waals surface area contributed by atoms with E-state index in [1.807, 2.05) is 13.0 Å². The third-order valence-corrected chi connectivity index (χ3v) is 4.25. The normalized spacial score (nSPS) is 16.8. The number of Topliss-reactive ketones (excluding diaryl/α,β-unsaturated/α-hetero) is 1. The van der Waals surface area contributed by atoms with Gasteiger partial charge >= 0.3 is 6.11 Å². The molecule has 1 aromatic rings. The van der Waals surface area contributed by atoms with Crippen molar-refractivity contribution >= 4 is 24.5 Å². The summed E-state index contributed by atoms with van der Waals surface area (Å²) in [7, 11) is 0. The van der Waals surface area contributed by atoms with Gasteiger partial charge in [-0.05, 0) is 35.6 Å². The van der Waals surface area contributed by atoms with Crippen molar-refractivity contribution in [1.29, 1.82) is 0 Å². The van der Waals surface area contributed by atoms with Gasteiger partial charge < -0.3 is 9.47 Å². The van der Waals surface area contributed by atoms with Crippen LogP contribution < -0.4 is 4.74 Å². The number of hydrogen-bond donors (Lipinski definition) is 1. The molecule has 25 heavy (non-hydrogen) atoms. The van der Waals surface area contributed by atoms with Crippen LogP contribution in [0, 0.1) is 0 Å². The molecule has 1 aliphatic carbocycles. The summed E-state index contributed by atoms with van der Waals surface area (Å²) in [6.07, 6.45) is -1.43. The Morgan fingerprint density at radius 3 is 2.76 bits per heavy atom. The van der Waals surface area contributed by atoms with Crippen molar-refractivity contribution in [3.8, 4) is 5.75 Å². The molecule has 1 aliphatic rings. The maximum atomic E-state index is 13.3. The molecule has 0 bridgehead atoms. The van der Waals surface area contributed by atoms with E-state index in [0.29, 0.717) is 23.3 Å². The van der Waals surface area contributed by atoms with Gasteiger partial charge in [-0.2, -0.15) is 8.78 Å². The zero-order chi connectivity index (χ0) is 18.6. The lowest BCUT2D eigenvalue weighted by Crippen LogP contribution is -2.33. The zero-order valence-corrected chi connectivity index (χ0v) is 14.9. The molecule has 0 aromatic heterocycles. The molecule has 2 rings (SSSR count). The van der Waals surface area contributed by atoms with Crippen LogP contribution in [-0.4, -0.2) is 30.6 Å². The minimum absolute atomic E-state index is 0.0401. The van der Waals surface area contributed by atoms with Crippen molar-refractivity contribution in [3.63, 3.8) is 0 Å². The number of aryl methyl sites for hydroxylation is 1. The van der Waals surface area contributed by atoms with E-state index in [0.717, 1.165) is 18.4 Å². The fourth-order valence-electron chi connectivity index (χ4n) is 3.00. The minimum atomic E-state index is -3.99. The molecule has 7 heteroatoms. The average molecular weight is 374 g/mol. The maximum absolute atomic E-state index is 13.3. The van der Waals surface area contributed by atoms with Crippen LogP contribution in [0.25, 0.3) is 6.08 Å². The van der Waals surface area contributed by atoms with Gasteiger partial charge in [-0.15, -0.1) is 12.6 Å². The lowest BCUT2D eigenvalue weighted by Gasteiger charge is -2.17. The van der Waals surface area contributed by atoms with Gasteiger partial charge in [0, 0.05) is 6.42 Å². The number of carbonyl (C=O) groups is 1. The second-order valence-corrected chi connectivity index (χ2v) is 6.09. The topological polar surface area (TPSA) is 35.5 Å². The Bertz CT molecular complexity index is 661. The highest BCUT2D eigenvalue weighted by molar-refractivity contribution is 7.80. The van der Waals surface area contributed by atoms with Gasteiger partial charge in [-0.25, -0.2) is 4.39 Å². The second kappa shape index (κ2) is 8.27. The molecular weight excluding hydrogens is 353 g/mol. The van der Waals surface area contributed by atoms with E-state index in [-0.39, 0.29) is 17.9 Å². The number of halogens is 3. The van der Waals surface area contributed by atoms with Crippen LogP contribution in [0.2, 0.25) is 0 Å². The summed E-state index contributed by atoms with van der Waals surface area (Å²) in [5, 5.41) is 0. The highest BCUT2D eigenvalue weighted by Gasteiger charge is 2.43. The summed E-state index contributed by atoms with van der Waals surface area (Å²) < 4.78 is 48.9. The van der Waals surface area contributed by atoms with Crippen molar-refractivity contribution in [1.82, 2.24) is 0 Å². The van der Waals surface area contributed by atoms with E-state index in [9.17, 15) is 18.0 Å². The van der Waals surface area contributed by atoms with Crippen LogP contribution in [0.4, 0.5) is 13.2 Å². The molecule has 0 N–H and O–H groups in total. The Balaban J connectivity index is 2.49. The van der Waals surface area contributed by atoms with E-state index in [4.69, 9.17) is 4.74 Å². The van der Waals surface area contributed by atoms with E-state index in [1.54, 1.807) is 6.08 Å². The first-order valence-electron chi connectivity index (χ1n) is 8.09. The van der Waals surface area contributed by atoms with E-state index in [1.165, 1.54) is 0 Å². The Morgan fingerprint density at radius 1 is 1.48 bits per heavy atom. The number of ether oxygens (including phenoxy) is 2. The lowest BCUT2D eigenvalue weighted by molar-refractivity contribution is -0.258. The quantitative estimate of drug-likeness (QED) is 0.506. The SMILES string of the molecule is C=Cc1cc(CCCC)c(OCS)c2c1CC(OC(F)(F)CF)C2=O. The number of rotatable bonds is 9. The lowest BCUT2D eigenvalue weighted by atomic mass is 9.95. The number of thiol groups is 1. The Labute approximate surface area is 150 Å². The summed E-state index contributed by atoms with van der Waals surface area (Å²) in [5.74, 6) is -0.233. The Hall–Kier alpha value is -1.47. The second-order valence-electron chi connectivity index (χ2n) is 5.83. The molecule has 0 radical (unpaired) electrons. The van der Waals surface area contributed by atoms with Gasteiger partial charge in [0.05, 0.1) is 5.56 Å². The molecule has 0 saturated heterocycles. The third-order valence-electron chi connectivity index (χ3n) is 4.13. The first kappa shape index (κ1) is 19.8. The van der Waals surface area contributed by atoms with Crippen LogP contribution in [0.1, 0.15) is 46.8 Å². The smallest absolute Gasteiger partial charge is 0.384 e. The van der Waals surface area contributed by atoms with Crippen LogP contribution in [0.5, 0.6) is 5.75 Å². The number of fused-ring (bicyclic) bond motifs is 1. The average Bonchev–Trinajstić information content (AvgIpc) is 2.90. The fraction of sp³-hybridized carbons (Fsp3) is 0.500. The molecule has 0 spiro atoms.